The number of aromatic nitrogens is 2. The zero-order chi connectivity index (χ0) is 26.2. The molecule has 2 aromatic heterocycles. The minimum absolute atomic E-state index is 0.254. The lowest BCUT2D eigenvalue weighted by atomic mass is 10.1. The van der Waals surface area contributed by atoms with Crippen LogP contribution in [-0.4, -0.2) is 53.7 Å². The number of allylic oxidation sites excluding steroid dienone is 1. The van der Waals surface area contributed by atoms with Crippen molar-refractivity contribution in [2.75, 3.05) is 32.5 Å². The molecule has 0 aliphatic heterocycles. The van der Waals surface area contributed by atoms with Crippen LogP contribution in [0.4, 0.5) is 5.69 Å². The van der Waals surface area contributed by atoms with E-state index in [0.29, 0.717) is 17.9 Å². The Labute approximate surface area is 221 Å². The maximum absolute atomic E-state index is 13.6. The Kier molecular flexibility index (Phi) is 8.56. The Morgan fingerprint density at radius 2 is 1.84 bits per heavy atom. The number of nitrogens with one attached hydrogen (secondary N) is 2. The molecule has 4 rings (SSSR count). The number of fused-ring (bicyclic) bond motifs is 1. The lowest BCUT2D eigenvalue weighted by Gasteiger charge is -2.13. The molecule has 2 aromatic carbocycles. The van der Waals surface area contributed by atoms with E-state index in [1.165, 1.54) is 11.3 Å². The summed E-state index contributed by atoms with van der Waals surface area (Å²) in [7, 11) is 4.01. The first-order chi connectivity index (χ1) is 17.9. The number of carbonyl (C=O) groups excluding carboxylic acids is 1. The second-order valence-electron chi connectivity index (χ2n) is 8.69. The molecule has 7 nitrogen and oxygen atoms in total. The Morgan fingerprint density at radius 1 is 1.08 bits per heavy atom. The first-order valence-corrected chi connectivity index (χ1v) is 12.7. The van der Waals surface area contributed by atoms with E-state index in [4.69, 9.17) is 9.98 Å². The van der Waals surface area contributed by atoms with Gasteiger partial charge in [-0.2, -0.15) is 0 Å². The van der Waals surface area contributed by atoms with E-state index in [2.05, 4.69) is 27.1 Å². The first kappa shape index (κ1) is 25.9. The Bertz CT molecular complexity index is 1420. The van der Waals surface area contributed by atoms with Crippen molar-refractivity contribution in [2.45, 2.75) is 6.92 Å². The van der Waals surface area contributed by atoms with Gasteiger partial charge in [0.15, 0.2) is 0 Å². The van der Waals surface area contributed by atoms with Crippen molar-refractivity contribution in [2.24, 2.45) is 4.99 Å². The third-order valence-corrected chi connectivity index (χ3v) is 6.52. The summed E-state index contributed by atoms with van der Waals surface area (Å²) < 4.78 is 0. The minimum Gasteiger partial charge on any atom is -0.384 e. The highest BCUT2D eigenvalue weighted by Gasteiger charge is 2.16. The molecule has 0 saturated heterocycles. The second-order valence-corrected chi connectivity index (χ2v) is 9.67. The highest BCUT2D eigenvalue weighted by molar-refractivity contribution is 7.21. The molecule has 188 valence electrons. The summed E-state index contributed by atoms with van der Waals surface area (Å²) in [4.78, 5) is 30.3. The summed E-state index contributed by atoms with van der Waals surface area (Å²) in [5.41, 5.74) is 4.84. The van der Waals surface area contributed by atoms with E-state index in [1.807, 2.05) is 87.7 Å². The number of hydrogen-bond donors (Lipinski definition) is 2. The summed E-state index contributed by atoms with van der Waals surface area (Å²) in [5, 5.41) is 7.08. The van der Waals surface area contributed by atoms with Crippen LogP contribution in [0.25, 0.3) is 20.9 Å². The topological polar surface area (TPSA) is 82.5 Å². The van der Waals surface area contributed by atoms with E-state index in [9.17, 15) is 4.79 Å². The van der Waals surface area contributed by atoms with E-state index in [0.717, 1.165) is 38.7 Å². The van der Waals surface area contributed by atoms with Crippen LogP contribution in [0.5, 0.6) is 0 Å². The maximum Gasteiger partial charge on any atom is 0.274 e. The first-order valence-electron chi connectivity index (χ1n) is 11.9. The van der Waals surface area contributed by atoms with Crippen molar-refractivity contribution >= 4 is 39.0 Å². The minimum atomic E-state index is -0.336. The fourth-order valence-corrected chi connectivity index (χ4v) is 4.53. The number of benzene rings is 2. The van der Waals surface area contributed by atoms with Gasteiger partial charge >= 0.3 is 0 Å². The number of para-hydroxylation sites is 1. The average molecular weight is 511 g/mol. The number of likely N-dealkylation sites (N-methyl/N-ethyl adjacent to an activating group) is 1. The summed E-state index contributed by atoms with van der Waals surface area (Å²) in [6.45, 7) is 7.51. The molecule has 0 atom stereocenters. The van der Waals surface area contributed by atoms with Gasteiger partial charge in [0.1, 0.15) is 21.1 Å². The van der Waals surface area contributed by atoms with Crippen molar-refractivity contribution in [1.82, 2.24) is 20.2 Å². The quantitative estimate of drug-likeness (QED) is 0.171. The van der Waals surface area contributed by atoms with Crippen LogP contribution in [-0.2, 0) is 4.79 Å². The van der Waals surface area contributed by atoms with Crippen molar-refractivity contribution in [3.8, 4) is 10.6 Å². The summed E-state index contributed by atoms with van der Waals surface area (Å²) >= 11 is 1.49. The predicted octanol–water partition coefficient (Wildman–Crippen LogP) is 5.35. The molecule has 0 saturated carbocycles. The third kappa shape index (κ3) is 6.97. The molecule has 0 aliphatic rings. The van der Waals surface area contributed by atoms with Gasteiger partial charge in [0.05, 0.1) is 5.69 Å². The van der Waals surface area contributed by atoms with Crippen molar-refractivity contribution in [3.05, 3.63) is 103 Å². The van der Waals surface area contributed by atoms with E-state index in [1.54, 1.807) is 12.3 Å². The molecule has 0 aliphatic carbocycles. The Hall–Kier alpha value is -4.14. The SMILES string of the molecule is C=C(/C=C(\N=C(/C)c1ccccc1)C(=O)Nc1ccccc1-c1nc2cccnc2s1)NCCN(C)C. The number of aliphatic imine (C=N–C) groups is 1. The largest absolute Gasteiger partial charge is 0.384 e. The standard InChI is InChI=1S/C29H30N6OS/c1-20(30-17-18-35(3)4)19-26(32-21(2)22-11-6-5-7-12-22)27(36)33-24-14-9-8-13-23(24)28-34-25-15-10-16-31-29(25)37-28/h5-16,19,30H,1,17-18H2,2-4H3,(H,33,36)/b26-19-,32-21+. The number of rotatable bonds is 10. The number of nitrogens with zero attached hydrogens (tertiary/aromatic N) is 4. The number of pyridine rings is 1. The second kappa shape index (κ2) is 12.2. The molecule has 0 spiro atoms. The van der Waals surface area contributed by atoms with Gasteiger partial charge in [0.25, 0.3) is 5.91 Å². The molecule has 0 unspecified atom stereocenters. The van der Waals surface area contributed by atoms with Crippen LogP contribution >= 0.6 is 11.3 Å². The van der Waals surface area contributed by atoms with E-state index >= 15 is 0 Å². The van der Waals surface area contributed by atoms with Crippen molar-refractivity contribution < 1.29 is 4.79 Å². The van der Waals surface area contributed by atoms with E-state index < -0.39 is 0 Å². The van der Waals surface area contributed by atoms with Gasteiger partial charge in [-0.3, -0.25) is 4.79 Å². The molecular formula is C29H30N6OS. The molecule has 4 aromatic rings. The molecule has 0 radical (unpaired) electrons. The van der Waals surface area contributed by atoms with Crippen LogP contribution in [0.3, 0.4) is 0 Å². The van der Waals surface area contributed by atoms with Crippen LogP contribution in [0.15, 0.2) is 102 Å². The van der Waals surface area contributed by atoms with Gasteiger partial charge in [-0.05, 0) is 56.9 Å². The molecule has 1 amide bonds. The number of hydrogen-bond acceptors (Lipinski definition) is 7. The smallest absolute Gasteiger partial charge is 0.274 e. The Balaban J connectivity index is 1.63. The maximum atomic E-state index is 13.6. The normalized spacial score (nSPS) is 12.1. The third-order valence-electron chi connectivity index (χ3n) is 5.51. The Morgan fingerprint density at radius 3 is 2.59 bits per heavy atom. The lowest BCUT2D eigenvalue weighted by Crippen LogP contribution is -2.25. The molecule has 0 bridgehead atoms. The van der Waals surface area contributed by atoms with Gasteiger partial charge in [-0.25, -0.2) is 15.0 Å². The van der Waals surface area contributed by atoms with Crippen LogP contribution in [0, 0.1) is 0 Å². The summed E-state index contributed by atoms with van der Waals surface area (Å²) in [6.07, 6.45) is 3.43. The number of thiazole rings is 1. The zero-order valence-corrected chi connectivity index (χ0v) is 22.0. The van der Waals surface area contributed by atoms with Crippen LogP contribution in [0.1, 0.15) is 12.5 Å². The highest BCUT2D eigenvalue weighted by Crippen LogP contribution is 2.33. The molecule has 2 N–H and O–H groups in total. The summed E-state index contributed by atoms with van der Waals surface area (Å²) in [6, 6.07) is 21.2. The monoisotopic (exact) mass is 510 g/mol. The van der Waals surface area contributed by atoms with Gasteiger partial charge in [0.2, 0.25) is 0 Å². The molecule has 37 heavy (non-hydrogen) atoms. The zero-order valence-electron chi connectivity index (χ0n) is 21.2. The number of anilines is 1. The van der Waals surface area contributed by atoms with Gasteiger partial charge in [-0.15, -0.1) is 0 Å². The van der Waals surface area contributed by atoms with Crippen LogP contribution in [0.2, 0.25) is 0 Å². The highest BCUT2D eigenvalue weighted by atomic mass is 32.1. The number of carbonyl (C=O) groups is 1. The van der Waals surface area contributed by atoms with Gasteiger partial charge < -0.3 is 15.5 Å². The number of amides is 1. The molecular weight excluding hydrogens is 480 g/mol. The molecule has 0 fully saturated rings. The van der Waals surface area contributed by atoms with Gasteiger partial charge in [0, 0.05) is 36.3 Å². The van der Waals surface area contributed by atoms with Crippen molar-refractivity contribution in [1.29, 1.82) is 0 Å². The molecule has 8 heteroatoms. The van der Waals surface area contributed by atoms with Crippen LogP contribution < -0.4 is 10.6 Å². The fourth-order valence-electron chi connectivity index (χ4n) is 3.58. The van der Waals surface area contributed by atoms with E-state index in [-0.39, 0.29) is 11.6 Å². The lowest BCUT2D eigenvalue weighted by molar-refractivity contribution is -0.112. The summed E-state index contributed by atoms with van der Waals surface area (Å²) in [5.74, 6) is -0.336. The predicted molar refractivity (Wildman–Crippen MR) is 154 cm³/mol. The van der Waals surface area contributed by atoms with Crippen molar-refractivity contribution in [3.63, 3.8) is 0 Å². The molecule has 2 heterocycles. The van der Waals surface area contributed by atoms with Gasteiger partial charge in [-0.1, -0.05) is 60.4 Å². The average Bonchev–Trinajstić information content (AvgIpc) is 3.33. The fraction of sp³-hybridized carbons (Fsp3) is 0.172.